The van der Waals surface area contributed by atoms with Crippen LogP contribution in [0.3, 0.4) is 0 Å². The van der Waals surface area contributed by atoms with Crippen LogP contribution < -0.4 is 0 Å². The molecule has 0 spiro atoms. The normalized spacial score (nSPS) is 12.0. The first kappa shape index (κ1) is 19.9. The average Bonchev–Trinajstić information content (AvgIpc) is 2.59. The molecule has 0 saturated heterocycles. The maximum absolute atomic E-state index is 12.4. The Morgan fingerprint density at radius 1 is 1.08 bits per heavy atom. The van der Waals surface area contributed by atoms with Crippen molar-refractivity contribution in [3.63, 3.8) is 0 Å². The molecular weight excluding hydrogens is 345 g/mol. The molecule has 0 aliphatic heterocycles. The lowest BCUT2D eigenvalue weighted by Gasteiger charge is -2.18. The lowest BCUT2D eigenvalue weighted by atomic mass is 10.2. The highest BCUT2D eigenvalue weighted by molar-refractivity contribution is 6.03. The van der Waals surface area contributed by atoms with E-state index >= 15 is 0 Å². The maximum atomic E-state index is 12.4. The number of ether oxygens (including phenoxy) is 2. The minimum Gasteiger partial charge on any atom is -0.466 e. The molecule has 1 aromatic rings. The summed E-state index contributed by atoms with van der Waals surface area (Å²) in [4.78, 5) is 35.6. The predicted octanol–water partition coefficient (Wildman–Crippen LogP) is 1.91. The molecule has 0 bridgehead atoms. The van der Waals surface area contributed by atoms with Crippen LogP contribution >= 0.6 is 0 Å². The number of esters is 2. The summed E-state index contributed by atoms with van der Waals surface area (Å²) in [5, 5.41) is 3.10. The van der Waals surface area contributed by atoms with Crippen LogP contribution in [-0.4, -0.2) is 49.5 Å². The van der Waals surface area contributed by atoms with Crippen LogP contribution in [0.15, 0.2) is 47.2 Å². The summed E-state index contributed by atoms with van der Waals surface area (Å²) in [5.41, 5.74) is -0.912. The number of hydrazone groups is 1. The summed E-state index contributed by atoms with van der Waals surface area (Å²) in [7, 11) is 1.90. The van der Waals surface area contributed by atoms with E-state index in [1.54, 1.807) is 6.07 Å². The molecule has 0 radical (unpaired) electrons. The van der Waals surface area contributed by atoms with Crippen molar-refractivity contribution >= 4 is 24.1 Å². The van der Waals surface area contributed by atoms with E-state index in [1.165, 1.54) is 24.3 Å². The van der Waals surface area contributed by atoms with Gasteiger partial charge in [-0.25, -0.2) is 9.59 Å². The predicted molar refractivity (Wildman–Crippen MR) is 79.3 cm³/mol. The summed E-state index contributed by atoms with van der Waals surface area (Å²) in [6.07, 6.45) is -4.86. The van der Waals surface area contributed by atoms with Crippen LogP contribution in [0.5, 0.6) is 0 Å². The quantitative estimate of drug-likeness (QED) is 0.347. The van der Waals surface area contributed by atoms with Gasteiger partial charge in [0.2, 0.25) is 0 Å². The number of amides is 1. The first-order valence-electron chi connectivity index (χ1n) is 6.59. The minimum atomic E-state index is -4.86. The second-order valence-electron chi connectivity index (χ2n) is 4.31. The van der Waals surface area contributed by atoms with Gasteiger partial charge in [-0.15, -0.1) is 0 Å². The molecular formula is C15H13F3N2O5. The molecule has 1 amide bonds. The highest BCUT2D eigenvalue weighted by Crippen LogP contribution is 2.17. The molecule has 0 N–H and O–H groups in total. The van der Waals surface area contributed by atoms with Crippen molar-refractivity contribution in [3.05, 3.63) is 47.7 Å². The lowest BCUT2D eigenvalue weighted by molar-refractivity contribution is -0.139. The molecule has 7 nitrogen and oxygen atoms in total. The Kier molecular flexibility index (Phi) is 6.85. The highest BCUT2D eigenvalue weighted by Gasteiger charge is 2.30. The number of hydrogen-bond donors (Lipinski definition) is 0. The smallest absolute Gasteiger partial charge is 0.428 e. The first-order valence-corrected chi connectivity index (χ1v) is 6.59. The Labute approximate surface area is 140 Å². The van der Waals surface area contributed by atoms with Gasteiger partial charge in [0.05, 0.1) is 20.3 Å². The van der Waals surface area contributed by atoms with Gasteiger partial charge in [0.15, 0.2) is 5.70 Å². The number of hydrogen-bond acceptors (Lipinski definition) is 6. The van der Waals surface area contributed by atoms with Crippen LogP contribution in [0.4, 0.5) is 13.2 Å². The fourth-order valence-corrected chi connectivity index (χ4v) is 1.53. The molecule has 1 aromatic carbocycles. The Morgan fingerprint density at radius 2 is 1.68 bits per heavy atom. The Hall–Kier alpha value is -3.17. The summed E-state index contributed by atoms with van der Waals surface area (Å²) < 4.78 is 46.0. The van der Waals surface area contributed by atoms with Crippen molar-refractivity contribution in [2.24, 2.45) is 5.10 Å². The number of benzene rings is 1. The van der Waals surface area contributed by atoms with Crippen LogP contribution in [0, 0.1) is 0 Å². The largest absolute Gasteiger partial charge is 0.466 e. The summed E-state index contributed by atoms with van der Waals surface area (Å²) in [6.45, 7) is 0. The van der Waals surface area contributed by atoms with Gasteiger partial charge in [0.25, 0.3) is 5.91 Å². The third kappa shape index (κ3) is 6.09. The van der Waals surface area contributed by atoms with E-state index in [1.807, 2.05) is 0 Å². The fraction of sp³-hybridized carbons (Fsp3) is 0.200. The summed E-state index contributed by atoms with van der Waals surface area (Å²) in [5.74, 6) is -3.43. The van der Waals surface area contributed by atoms with Gasteiger partial charge in [-0.2, -0.15) is 23.3 Å². The molecule has 1 rings (SSSR count). The number of nitrogens with zero attached hydrogens (tertiary/aromatic N) is 2. The molecule has 0 atom stereocenters. The third-order valence-electron chi connectivity index (χ3n) is 2.61. The number of rotatable bonds is 5. The van der Waals surface area contributed by atoms with Crippen molar-refractivity contribution in [3.8, 4) is 0 Å². The zero-order chi connectivity index (χ0) is 19.0. The summed E-state index contributed by atoms with van der Waals surface area (Å²) in [6, 6.07) is 7.09. The van der Waals surface area contributed by atoms with Crippen molar-refractivity contribution in [1.29, 1.82) is 0 Å². The third-order valence-corrected chi connectivity index (χ3v) is 2.61. The van der Waals surface area contributed by atoms with E-state index < -0.39 is 35.9 Å². The zero-order valence-corrected chi connectivity index (χ0v) is 13.1. The van der Waals surface area contributed by atoms with E-state index in [4.69, 9.17) is 0 Å². The standard InChI is InChI=1S/C15H13F3N2O5/c1-24-12(21)8-11(14(23)25-2)20(19-9-15(16,17)18)13(22)10-6-4-3-5-7-10/h3-9H,1-2H3/b11-8-,19-9+. The average molecular weight is 358 g/mol. The Morgan fingerprint density at radius 3 is 2.16 bits per heavy atom. The molecule has 0 aliphatic carbocycles. The van der Waals surface area contributed by atoms with E-state index in [2.05, 4.69) is 14.6 Å². The monoisotopic (exact) mass is 358 g/mol. The lowest BCUT2D eigenvalue weighted by Crippen LogP contribution is -2.32. The van der Waals surface area contributed by atoms with Gasteiger partial charge >= 0.3 is 18.1 Å². The zero-order valence-electron chi connectivity index (χ0n) is 13.1. The highest BCUT2D eigenvalue weighted by atomic mass is 19.4. The molecule has 0 aromatic heterocycles. The van der Waals surface area contributed by atoms with E-state index in [0.29, 0.717) is 6.08 Å². The topological polar surface area (TPSA) is 85.3 Å². The molecule has 0 fully saturated rings. The second-order valence-corrected chi connectivity index (χ2v) is 4.31. The first-order chi connectivity index (χ1) is 11.7. The van der Waals surface area contributed by atoms with Gasteiger partial charge in [0.1, 0.15) is 6.21 Å². The molecule has 0 saturated carbocycles. The molecule has 0 heterocycles. The van der Waals surface area contributed by atoms with E-state index in [-0.39, 0.29) is 10.6 Å². The number of methoxy groups -OCH3 is 2. The molecule has 10 heteroatoms. The van der Waals surface area contributed by atoms with Crippen molar-refractivity contribution in [2.75, 3.05) is 14.2 Å². The minimum absolute atomic E-state index is 0.0681. The molecule has 0 aliphatic rings. The van der Waals surface area contributed by atoms with Crippen LogP contribution in [0.25, 0.3) is 0 Å². The Balaban J connectivity index is 3.43. The van der Waals surface area contributed by atoms with E-state index in [0.717, 1.165) is 14.2 Å². The molecule has 134 valence electrons. The van der Waals surface area contributed by atoms with E-state index in [9.17, 15) is 27.6 Å². The number of alkyl halides is 3. The van der Waals surface area contributed by atoms with Crippen LogP contribution in [0.2, 0.25) is 0 Å². The van der Waals surface area contributed by atoms with Crippen molar-refractivity contribution in [2.45, 2.75) is 6.18 Å². The molecule has 0 unspecified atom stereocenters. The molecule has 25 heavy (non-hydrogen) atoms. The fourth-order valence-electron chi connectivity index (χ4n) is 1.53. The summed E-state index contributed by atoms with van der Waals surface area (Å²) >= 11 is 0. The van der Waals surface area contributed by atoms with Crippen LogP contribution in [0.1, 0.15) is 10.4 Å². The van der Waals surface area contributed by atoms with Crippen molar-refractivity contribution in [1.82, 2.24) is 5.01 Å². The van der Waals surface area contributed by atoms with Gasteiger partial charge in [0, 0.05) is 5.56 Å². The van der Waals surface area contributed by atoms with Gasteiger partial charge in [-0.1, -0.05) is 18.2 Å². The Bertz CT molecular complexity index is 699. The number of halogens is 3. The maximum Gasteiger partial charge on any atom is 0.428 e. The number of carbonyl (C=O) groups excluding carboxylic acids is 3. The van der Waals surface area contributed by atoms with Gasteiger partial charge < -0.3 is 9.47 Å². The van der Waals surface area contributed by atoms with Gasteiger partial charge in [-0.3, -0.25) is 4.79 Å². The second kappa shape index (κ2) is 8.62. The number of carbonyl (C=O) groups is 3. The SMILES string of the molecule is COC(=O)/C=C(/C(=O)OC)N(/N=C/C(F)(F)F)C(=O)c1ccccc1. The van der Waals surface area contributed by atoms with Crippen LogP contribution in [-0.2, 0) is 19.1 Å². The van der Waals surface area contributed by atoms with Crippen molar-refractivity contribution < 1.29 is 37.0 Å². The van der Waals surface area contributed by atoms with Gasteiger partial charge in [-0.05, 0) is 12.1 Å².